The van der Waals surface area contributed by atoms with Crippen LogP contribution in [-0.4, -0.2) is 126 Å². The van der Waals surface area contributed by atoms with Crippen LogP contribution in [-0.2, 0) is 109 Å². The fraction of sp³-hybridized carbons (Fsp3) is 0.500. The average Bonchev–Trinajstić information content (AvgIpc) is 0.837. The Balaban J connectivity index is 0.000000329. The highest BCUT2D eigenvalue weighted by Gasteiger charge is 2.34. The number of esters is 4. The molecule has 0 heterocycles. The van der Waals surface area contributed by atoms with Gasteiger partial charge in [0.25, 0.3) is 0 Å². The van der Waals surface area contributed by atoms with Gasteiger partial charge < -0.3 is 56.8 Å². The van der Waals surface area contributed by atoms with Crippen molar-refractivity contribution in [1.82, 2.24) is 0 Å². The summed E-state index contributed by atoms with van der Waals surface area (Å²) in [6.07, 6.45) is 12.0. The van der Waals surface area contributed by atoms with Crippen LogP contribution >= 0.6 is 181 Å². The standard InChI is InChI=1S/4C28H36I2O5/c4*1-5-9-21(15-20-16-24(29)27(34-7-3)25(30)17-20)26(31)18-22(28(32)35-8-4)14-19-10-12-23(13-11-19)33-6-2/h4*10-13,16-17,21-22H,5-9,14-15,18H2,1-4H3/t4*21-,22+/m0000/s1. The maximum atomic E-state index is 13.5. The minimum atomic E-state index is -0.500. The first-order valence-electron chi connectivity index (χ1n) is 49.4. The molecule has 0 aliphatic heterocycles. The zero-order valence-electron chi connectivity index (χ0n) is 84.3. The molecule has 20 nitrogen and oxygen atoms in total. The molecule has 0 saturated heterocycles. The molecule has 8 aromatic carbocycles. The second-order valence-electron chi connectivity index (χ2n) is 33.6. The quantitative estimate of drug-likeness (QED) is 0.0195. The molecule has 8 aromatic rings. The Morgan fingerprint density at radius 2 is 0.350 bits per heavy atom. The van der Waals surface area contributed by atoms with Crippen molar-refractivity contribution in [1.29, 1.82) is 0 Å². The van der Waals surface area contributed by atoms with Crippen LogP contribution in [0.1, 0.15) is 232 Å². The molecular weight excluding hydrogens is 2680 g/mol. The number of carbonyl (C=O) groups is 8. The van der Waals surface area contributed by atoms with Crippen LogP contribution in [0.4, 0.5) is 0 Å². The zero-order chi connectivity index (χ0) is 103. The lowest BCUT2D eigenvalue weighted by atomic mass is 9.85. The second-order valence-corrected chi connectivity index (χ2v) is 42.9. The van der Waals surface area contributed by atoms with E-state index in [9.17, 15) is 38.4 Å². The molecule has 768 valence electrons. The van der Waals surface area contributed by atoms with Crippen molar-refractivity contribution in [2.45, 2.75) is 239 Å². The minimum absolute atomic E-state index is 0.120. The van der Waals surface area contributed by atoms with Crippen LogP contribution in [0, 0.1) is 75.9 Å². The van der Waals surface area contributed by atoms with Crippen molar-refractivity contribution in [3.63, 3.8) is 0 Å². The van der Waals surface area contributed by atoms with Gasteiger partial charge >= 0.3 is 23.9 Å². The molecule has 28 heteroatoms. The molecule has 0 unspecified atom stereocenters. The van der Waals surface area contributed by atoms with Crippen molar-refractivity contribution in [2.75, 3.05) is 79.3 Å². The third kappa shape index (κ3) is 44.7. The number of ketones is 4. The molecule has 0 bridgehead atoms. The van der Waals surface area contributed by atoms with Gasteiger partial charge in [-0.15, -0.1) is 0 Å². The fourth-order valence-electron chi connectivity index (χ4n) is 16.4. The molecule has 0 amide bonds. The first kappa shape index (κ1) is 125. The molecule has 0 N–H and O–H groups in total. The molecule has 0 fully saturated rings. The highest BCUT2D eigenvalue weighted by atomic mass is 127. The van der Waals surface area contributed by atoms with Crippen LogP contribution < -0.4 is 37.9 Å². The Labute approximate surface area is 942 Å². The first-order valence-corrected chi connectivity index (χ1v) is 58.0. The monoisotopic (exact) mass is 2820 g/mol. The van der Waals surface area contributed by atoms with Crippen molar-refractivity contribution < 1.29 is 95.2 Å². The van der Waals surface area contributed by atoms with Gasteiger partial charge in [-0.3, -0.25) is 38.4 Å². The van der Waals surface area contributed by atoms with Gasteiger partial charge in [-0.2, -0.15) is 0 Å². The van der Waals surface area contributed by atoms with Gasteiger partial charge in [-0.05, 0) is 482 Å². The summed E-state index contributed by atoms with van der Waals surface area (Å²) < 4.78 is 74.8. The molecule has 8 atom stereocenters. The summed E-state index contributed by atoms with van der Waals surface area (Å²) in [6, 6.07) is 47.7. The third-order valence-corrected chi connectivity index (χ3v) is 29.2. The summed E-state index contributed by atoms with van der Waals surface area (Å²) in [6.45, 7) is 37.3. The maximum absolute atomic E-state index is 13.5. The largest absolute Gasteiger partial charge is 0.494 e. The summed E-state index contributed by atoms with van der Waals surface area (Å²) in [5, 5.41) is 0. The Hall–Kier alpha value is -5.44. The number of hydrogen-bond acceptors (Lipinski definition) is 20. The lowest BCUT2D eigenvalue weighted by Gasteiger charge is -2.20. The molecule has 0 aromatic heterocycles. The molecule has 140 heavy (non-hydrogen) atoms. The van der Waals surface area contributed by atoms with Gasteiger partial charge in [0.2, 0.25) is 0 Å². The number of ether oxygens (including phenoxy) is 12. The predicted octanol–water partition coefficient (Wildman–Crippen LogP) is 28.1. The first-order chi connectivity index (χ1) is 67.3. The normalized spacial score (nSPS) is 12.6. The SMILES string of the molecule is CCC[C@@H](Cc1cc(I)c(OCC)c(I)c1)C(=O)C[C@@H](Cc1ccc(OCC)cc1)C(=O)OCC.CCC[C@@H](Cc1cc(I)c(OCC)c(I)c1)C(=O)C[C@@H](Cc1ccc(OCC)cc1)C(=O)OCC.CCC[C@@H](Cc1cc(I)c(OCC)c(I)c1)C(=O)C[C@@H](Cc1ccc(OCC)cc1)C(=O)OCC.CCC[C@@H](Cc1cc(I)c(OCC)c(I)c1)C(=O)C[C@@H](Cc1ccc(OCC)cc1)C(=O)OCC. The average molecular weight is 2830 g/mol. The van der Waals surface area contributed by atoms with Crippen LogP contribution in [0.25, 0.3) is 0 Å². The van der Waals surface area contributed by atoms with Crippen molar-refractivity contribution >= 4 is 228 Å². The number of Topliss-reactive ketones (excluding diaryl/α,β-unsaturated/α-hetero) is 4. The van der Waals surface area contributed by atoms with E-state index in [0.29, 0.717) is 131 Å². The zero-order valence-corrected chi connectivity index (χ0v) is 102. The van der Waals surface area contributed by atoms with Gasteiger partial charge in [-0.1, -0.05) is 102 Å². The summed E-state index contributed by atoms with van der Waals surface area (Å²) in [4.78, 5) is 105. The minimum Gasteiger partial charge on any atom is -0.494 e. The summed E-state index contributed by atoms with van der Waals surface area (Å²) >= 11 is 18.3. The lowest BCUT2D eigenvalue weighted by Crippen LogP contribution is -2.27. The van der Waals surface area contributed by atoms with Crippen molar-refractivity contribution in [3.8, 4) is 46.0 Å². The van der Waals surface area contributed by atoms with E-state index in [1.165, 1.54) is 0 Å². The second kappa shape index (κ2) is 70.4. The third-order valence-electron chi connectivity index (χ3n) is 22.8. The van der Waals surface area contributed by atoms with Crippen molar-refractivity contribution in [3.05, 3.63) is 219 Å². The van der Waals surface area contributed by atoms with E-state index in [1.54, 1.807) is 27.7 Å². The fourth-order valence-corrected chi connectivity index (χ4v) is 25.2. The van der Waals surface area contributed by atoms with E-state index in [-0.39, 0.29) is 96.4 Å². The van der Waals surface area contributed by atoms with Crippen molar-refractivity contribution in [2.24, 2.45) is 47.3 Å². The summed E-state index contributed by atoms with van der Waals surface area (Å²) in [5.41, 5.74) is 8.43. The maximum Gasteiger partial charge on any atom is 0.309 e. The molecule has 0 radical (unpaired) electrons. The molecule has 0 aliphatic rings. The topological polar surface area (TPSA) is 247 Å². The number of carbonyl (C=O) groups excluding carboxylic acids is 8. The molecule has 0 aliphatic carbocycles. The van der Waals surface area contributed by atoms with Crippen LogP contribution in [0.5, 0.6) is 46.0 Å². The summed E-state index contributed by atoms with van der Waals surface area (Å²) in [5.74, 6) is 3.46. The van der Waals surface area contributed by atoms with E-state index in [1.807, 2.05) is 152 Å². The highest BCUT2D eigenvalue weighted by molar-refractivity contribution is 14.1. The van der Waals surface area contributed by atoms with Gasteiger partial charge in [0.1, 0.15) is 69.1 Å². The van der Waals surface area contributed by atoms with E-state index in [4.69, 9.17) is 56.8 Å². The Morgan fingerprint density at radius 3 is 0.486 bits per heavy atom. The van der Waals surface area contributed by atoms with Crippen LogP contribution in [0.15, 0.2) is 146 Å². The number of rotatable bonds is 60. The summed E-state index contributed by atoms with van der Waals surface area (Å²) in [7, 11) is 0. The van der Waals surface area contributed by atoms with Gasteiger partial charge in [0.15, 0.2) is 0 Å². The smallest absolute Gasteiger partial charge is 0.309 e. The molecule has 8 rings (SSSR count). The van der Waals surface area contributed by atoms with Crippen LogP contribution in [0.2, 0.25) is 0 Å². The Bertz CT molecular complexity index is 4370. The van der Waals surface area contributed by atoms with Crippen LogP contribution in [0.3, 0.4) is 0 Å². The number of benzene rings is 8. The molecule has 0 saturated carbocycles. The number of halogens is 8. The highest BCUT2D eigenvalue weighted by Crippen LogP contribution is 2.38. The van der Waals surface area contributed by atoms with Gasteiger partial charge in [0, 0.05) is 49.4 Å². The Morgan fingerprint density at radius 1 is 0.200 bits per heavy atom. The molecule has 0 spiro atoms. The van der Waals surface area contributed by atoms with E-state index < -0.39 is 23.7 Å². The van der Waals surface area contributed by atoms with Gasteiger partial charge in [-0.25, -0.2) is 0 Å². The number of hydrogen-bond donors (Lipinski definition) is 0. The molecular formula is C112H144I8O20. The van der Waals surface area contributed by atoms with E-state index >= 15 is 0 Å². The Kier molecular flexibility index (Phi) is 62.9. The van der Waals surface area contributed by atoms with E-state index in [0.717, 1.165) is 170 Å². The van der Waals surface area contributed by atoms with E-state index in [2.05, 4.69) is 257 Å². The predicted molar refractivity (Wildman–Crippen MR) is 625 cm³/mol. The lowest BCUT2D eigenvalue weighted by molar-refractivity contribution is -0.150. The van der Waals surface area contributed by atoms with Gasteiger partial charge in [0.05, 0.1) is 132 Å².